The second-order valence-corrected chi connectivity index (χ2v) is 4.70. The Kier molecular flexibility index (Phi) is 3.91. The quantitative estimate of drug-likeness (QED) is 0.825. The number of likely N-dealkylation sites (tertiary alicyclic amines) is 1. The highest BCUT2D eigenvalue weighted by molar-refractivity contribution is 5.16. The van der Waals surface area contributed by atoms with E-state index in [0.717, 1.165) is 6.54 Å². The van der Waals surface area contributed by atoms with Crippen molar-refractivity contribution in [3.63, 3.8) is 0 Å². The van der Waals surface area contributed by atoms with Crippen LogP contribution in [0.25, 0.3) is 0 Å². The van der Waals surface area contributed by atoms with Gasteiger partial charge in [-0.05, 0) is 56.6 Å². The van der Waals surface area contributed by atoms with Gasteiger partial charge < -0.3 is 5.73 Å². The second kappa shape index (κ2) is 5.41. The molecular formula is C13H21N3. The van der Waals surface area contributed by atoms with Crippen LogP contribution < -0.4 is 5.73 Å². The first-order chi connectivity index (χ1) is 7.83. The highest BCUT2D eigenvalue weighted by atomic mass is 15.1. The molecule has 2 N–H and O–H groups in total. The van der Waals surface area contributed by atoms with Gasteiger partial charge in [0.1, 0.15) is 0 Å². The van der Waals surface area contributed by atoms with Gasteiger partial charge in [-0.15, -0.1) is 0 Å². The average molecular weight is 219 g/mol. The third kappa shape index (κ3) is 2.42. The number of nitrogens with two attached hydrogens (primary N) is 1. The number of pyridine rings is 1. The first-order valence-corrected chi connectivity index (χ1v) is 6.13. The molecule has 2 atom stereocenters. The molecule has 0 radical (unpaired) electrons. The molecule has 2 heterocycles. The van der Waals surface area contributed by atoms with E-state index in [2.05, 4.69) is 29.1 Å². The fraction of sp³-hybridized carbons (Fsp3) is 0.615. The van der Waals surface area contributed by atoms with Crippen molar-refractivity contribution in [3.8, 4) is 0 Å². The molecule has 2 unspecified atom stereocenters. The number of nitrogens with zero attached hydrogens (tertiary/aromatic N) is 2. The van der Waals surface area contributed by atoms with Gasteiger partial charge in [-0.25, -0.2) is 0 Å². The molecule has 1 aliphatic heterocycles. The lowest BCUT2D eigenvalue weighted by Crippen LogP contribution is -2.32. The van der Waals surface area contributed by atoms with Crippen LogP contribution in [0.4, 0.5) is 0 Å². The molecule has 0 saturated carbocycles. The Hall–Kier alpha value is -0.930. The van der Waals surface area contributed by atoms with Crippen LogP contribution in [0.2, 0.25) is 0 Å². The molecule has 0 bridgehead atoms. The monoisotopic (exact) mass is 219 g/mol. The molecule has 3 heteroatoms. The fourth-order valence-electron chi connectivity index (χ4n) is 2.76. The summed E-state index contributed by atoms with van der Waals surface area (Å²) in [6.07, 6.45) is 7.58. The summed E-state index contributed by atoms with van der Waals surface area (Å²) < 4.78 is 0. The summed E-state index contributed by atoms with van der Waals surface area (Å²) in [7, 11) is 2.21. The zero-order valence-electron chi connectivity index (χ0n) is 9.97. The van der Waals surface area contributed by atoms with Gasteiger partial charge in [0, 0.05) is 18.4 Å². The fourth-order valence-corrected chi connectivity index (χ4v) is 2.76. The first-order valence-electron chi connectivity index (χ1n) is 6.13. The zero-order chi connectivity index (χ0) is 11.4. The third-order valence-corrected chi connectivity index (χ3v) is 3.61. The van der Waals surface area contributed by atoms with Crippen LogP contribution in [0, 0.1) is 5.92 Å². The topological polar surface area (TPSA) is 42.1 Å². The van der Waals surface area contributed by atoms with Gasteiger partial charge in [-0.1, -0.05) is 6.42 Å². The largest absolute Gasteiger partial charge is 0.330 e. The van der Waals surface area contributed by atoms with Crippen molar-refractivity contribution >= 4 is 0 Å². The van der Waals surface area contributed by atoms with E-state index in [1.165, 1.54) is 31.4 Å². The van der Waals surface area contributed by atoms with Crippen LogP contribution in [-0.4, -0.2) is 30.0 Å². The maximum atomic E-state index is 5.92. The number of rotatable bonds is 2. The van der Waals surface area contributed by atoms with E-state index < -0.39 is 0 Å². The lowest BCUT2D eigenvalue weighted by Gasteiger charge is -2.32. The first kappa shape index (κ1) is 11.6. The predicted molar refractivity (Wildman–Crippen MR) is 66.0 cm³/mol. The van der Waals surface area contributed by atoms with Crippen LogP contribution in [0.1, 0.15) is 30.9 Å². The zero-order valence-corrected chi connectivity index (χ0v) is 9.97. The molecule has 1 fully saturated rings. The van der Waals surface area contributed by atoms with E-state index in [1.807, 2.05) is 12.4 Å². The summed E-state index contributed by atoms with van der Waals surface area (Å²) in [4.78, 5) is 6.53. The van der Waals surface area contributed by atoms with Crippen LogP contribution in [0.3, 0.4) is 0 Å². The van der Waals surface area contributed by atoms with Crippen molar-refractivity contribution in [2.45, 2.75) is 25.3 Å². The Morgan fingerprint density at radius 3 is 2.81 bits per heavy atom. The summed E-state index contributed by atoms with van der Waals surface area (Å²) in [5, 5.41) is 0. The second-order valence-electron chi connectivity index (χ2n) is 4.70. The SMILES string of the molecule is CN1CCCCC(CN)C1c1ccncc1. The molecule has 1 aromatic rings. The summed E-state index contributed by atoms with van der Waals surface area (Å²) >= 11 is 0. The van der Waals surface area contributed by atoms with E-state index in [1.54, 1.807) is 0 Å². The van der Waals surface area contributed by atoms with E-state index in [9.17, 15) is 0 Å². The normalized spacial score (nSPS) is 27.6. The van der Waals surface area contributed by atoms with Gasteiger partial charge in [-0.2, -0.15) is 0 Å². The maximum Gasteiger partial charge on any atom is 0.0386 e. The molecule has 3 nitrogen and oxygen atoms in total. The summed E-state index contributed by atoms with van der Waals surface area (Å²) in [6, 6.07) is 4.71. The van der Waals surface area contributed by atoms with Crippen molar-refractivity contribution in [3.05, 3.63) is 30.1 Å². The summed E-state index contributed by atoms with van der Waals surface area (Å²) in [6.45, 7) is 1.95. The van der Waals surface area contributed by atoms with Crippen molar-refractivity contribution in [1.82, 2.24) is 9.88 Å². The molecule has 1 aromatic heterocycles. The molecule has 1 aliphatic rings. The van der Waals surface area contributed by atoms with Gasteiger partial charge in [0.25, 0.3) is 0 Å². The van der Waals surface area contributed by atoms with Gasteiger partial charge in [0.15, 0.2) is 0 Å². The smallest absolute Gasteiger partial charge is 0.0386 e. The van der Waals surface area contributed by atoms with E-state index in [-0.39, 0.29) is 0 Å². The lowest BCUT2D eigenvalue weighted by molar-refractivity contribution is 0.196. The Balaban J connectivity index is 2.25. The third-order valence-electron chi connectivity index (χ3n) is 3.61. The Bertz CT molecular complexity index is 312. The van der Waals surface area contributed by atoms with Crippen LogP contribution in [0.15, 0.2) is 24.5 Å². The van der Waals surface area contributed by atoms with Crippen molar-refractivity contribution < 1.29 is 0 Å². The molecule has 88 valence electrons. The van der Waals surface area contributed by atoms with Gasteiger partial charge in [0.05, 0.1) is 0 Å². The van der Waals surface area contributed by atoms with Crippen molar-refractivity contribution in [1.29, 1.82) is 0 Å². The number of hydrogen-bond acceptors (Lipinski definition) is 3. The highest BCUT2D eigenvalue weighted by Crippen LogP contribution is 2.33. The van der Waals surface area contributed by atoms with Crippen molar-refractivity contribution in [2.24, 2.45) is 11.7 Å². The molecule has 1 saturated heterocycles. The molecule has 0 spiro atoms. The minimum atomic E-state index is 0.468. The Labute approximate surface area is 97.7 Å². The van der Waals surface area contributed by atoms with Gasteiger partial charge >= 0.3 is 0 Å². The summed E-state index contributed by atoms with van der Waals surface area (Å²) in [5.74, 6) is 0.579. The minimum absolute atomic E-state index is 0.468. The van der Waals surface area contributed by atoms with Gasteiger partial charge in [-0.3, -0.25) is 9.88 Å². The Morgan fingerprint density at radius 2 is 2.12 bits per heavy atom. The molecular weight excluding hydrogens is 198 g/mol. The Morgan fingerprint density at radius 1 is 1.38 bits per heavy atom. The average Bonchev–Trinajstić information content (AvgIpc) is 2.51. The predicted octanol–water partition coefficient (Wildman–Crippen LogP) is 1.81. The number of aromatic nitrogens is 1. The van der Waals surface area contributed by atoms with Gasteiger partial charge in [0.2, 0.25) is 0 Å². The molecule has 0 aromatic carbocycles. The van der Waals surface area contributed by atoms with E-state index in [4.69, 9.17) is 5.73 Å². The van der Waals surface area contributed by atoms with Crippen LogP contribution in [-0.2, 0) is 0 Å². The lowest BCUT2D eigenvalue weighted by atomic mass is 9.90. The van der Waals surface area contributed by atoms with Crippen molar-refractivity contribution in [2.75, 3.05) is 20.1 Å². The molecule has 0 aliphatic carbocycles. The van der Waals surface area contributed by atoms with Crippen LogP contribution >= 0.6 is 0 Å². The van der Waals surface area contributed by atoms with E-state index in [0.29, 0.717) is 12.0 Å². The standard InChI is InChI=1S/C13H21N3/c1-16-9-3-2-4-12(10-14)13(16)11-5-7-15-8-6-11/h5-8,12-13H,2-4,9-10,14H2,1H3. The molecule has 16 heavy (non-hydrogen) atoms. The summed E-state index contributed by atoms with van der Waals surface area (Å²) in [5.41, 5.74) is 7.28. The molecule has 0 amide bonds. The van der Waals surface area contributed by atoms with Crippen LogP contribution in [0.5, 0.6) is 0 Å². The highest BCUT2D eigenvalue weighted by Gasteiger charge is 2.27. The molecule has 2 rings (SSSR count). The number of hydrogen-bond donors (Lipinski definition) is 1. The van der Waals surface area contributed by atoms with E-state index >= 15 is 0 Å². The minimum Gasteiger partial charge on any atom is -0.330 e. The maximum absolute atomic E-state index is 5.92.